The Kier molecular flexibility index (Phi) is 4.39. The Hall–Kier alpha value is -1.89. The molecule has 2 fully saturated rings. The third kappa shape index (κ3) is 3.10. The van der Waals surface area contributed by atoms with Gasteiger partial charge in [0.15, 0.2) is 5.96 Å². The summed E-state index contributed by atoms with van der Waals surface area (Å²) in [5.41, 5.74) is 6.29. The van der Waals surface area contributed by atoms with Crippen LogP contribution in [0.15, 0.2) is 23.5 Å². The van der Waals surface area contributed by atoms with E-state index in [1.165, 1.54) is 0 Å². The molecule has 2 heterocycles. The van der Waals surface area contributed by atoms with Crippen molar-refractivity contribution in [3.05, 3.63) is 18.5 Å². The zero-order valence-corrected chi connectivity index (χ0v) is 14.1. The molecule has 1 aromatic heterocycles. The molecule has 23 heavy (non-hydrogen) atoms. The SMILES string of the molecule is COC1CC(N=C(N)N2CCN(c3ncccn3)CC2)C1(C)C. The van der Waals surface area contributed by atoms with Crippen molar-refractivity contribution in [3.63, 3.8) is 0 Å². The van der Waals surface area contributed by atoms with E-state index in [9.17, 15) is 0 Å². The molecule has 1 saturated heterocycles. The smallest absolute Gasteiger partial charge is 0.225 e. The first-order chi connectivity index (χ1) is 11.0. The number of nitrogens with two attached hydrogens (primary N) is 1. The first-order valence-corrected chi connectivity index (χ1v) is 8.15. The highest BCUT2D eigenvalue weighted by molar-refractivity contribution is 5.78. The number of hydrogen-bond donors (Lipinski definition) is 1. The van der Waals surface area contributed by atoms with Crippen molar-refractivity contribution >= 4 is 11.9 Å². The van der Waals surface area contributed by atoms with Gasteiger partial charge in [0.05, 0.1) is 12.1 Å². The molecule has 2 unspecified atom stereocenters. The van der Waals surface area contributed by atoms with Gasteiger partial charge in [0.2, 0.25) is 5.95 Å². The zero-order chi connectivity index (χ0) is 16.4. The van der Waals surface area contributed by atoms with Gasteiger partial charge in [0, 0.05) is 51.1 Å². The van der Waals surface area contributed by atoms with Gasteiger partial charge in [-0.3, -0.25) is 0 Å². The van der Waals surface area contributed by atoms with Crippen molar-refractivity contribution in [3.8, 4) is 0 Å². The van der Waals surface area contributed by atoms with Crippen LogP contribution in [0.3, 0.4) is 0 Å². The van der Waals surface area contributed by atoms with Gasteiger partial charge in [-0.15, -0.1) is 0 Å². The van der Waals surface area contributed by atoms with E-state index < -0.39 is 0 Å². The van der Waals surface area contributed by atoms with Crippen LogP contribution in [-0.2, 0) is 4.74 Å². The molecule has 0 spiro atoms. The second kappa shape index (κ2) is 6.31. The minimum absolute atomic E-state index is 0.0546. The molecule has 2 atom stereocenters. The van der Waals surface area contributed by atoms with Crippen molar-refractivity contribution in [1.29, 1.82) is 0 Å². The number of anilines is 1. The van der Waals surface area contributed by atoms with Gasteiger partial charge in [-0.2, -0.15) is 0 Å². The van der Waals surface area contributed by atoms with Crippen LogP contribution in [0.4, 0.5) is 5.95 Å². The highest BCUT2D eigenvalue weighted by atomic mass is 16.5. The van der Waals surface area contributed by atoms with Crippen LogP contribution in [0.1, 0.15) is 20.3 Å². The van der Waals surface area contributed by atoms with Crippen molar-refractivity contribution in [2.75, 3.05) is 38.2 Å². The first-order valence-electron chi connectivity index (χ1n) is 8.15. The Morgan fingerprint density at radius 2 is 1.91 bits per heavy atom. The van der Waals surface area contributed by atoms with Crippen LogP contribution in [-0.4, -0.2) is 66.3 Å². The van der Waals surface area contributed by atoms with E-state index in [0.717, 1.165) is 38.5 Å². The number of methoxy groups -OCH3 is 1. The van der Waals surface area contributed by atoms with Crippen LogP contribution in [0, 0.1) is 5.41 Å². The Labute approximate surface area is 137 Å². The van der Waals surface area contributed by atoms with Crippen LogP contribution in [0.2, 0.25) is 0 Å². The molecule has 7 nitrogen and oxygen atoms in total. The van der Waals surface area contributed by atoms with Gasteiger partial charge < -0.3 is 20.3 Å². The number of piperazine rings is 1. The number of ether oxygens (including phenoxy) is 1. The number of guanidine groups is 1. The lowest BCUT2D eigenvalue weighted by Gasteiger charge is -2.49. The molecule has 0 radical (unpaired) electrons. The molecule has 1 saturated carbocycles. The summed E-state index contributed by atoms with van der Waals surface area (Å²) in [7, 11) is 1.76. The predicted molar refractivity (Wildman–Crippen MR) is 90.4 cm³/mol. The third-order valence-electron chi connectivity index (χ3n) is 5.14. The largest absolute Gasteiger partial charge is 0.381 e. The fourth-order valence-corrected chi connectivity index (χ4v) is 3.31. The average Bonchev–Trinajstić information content (AvgIpc) is 2.59. The molecule has 2 N–H and O–H groups in total. The molecular weight excluding hydrogens is 292 g/mol. The van der Waals surface area contributed by atoms with E-state index >= 15 is 0 Å². The summed E-state index contributed by atoms with van der Waals surface area (Å²) in [5, 5.41) is 0. The summed E-state index contributed by atoms with van der Waals surface area (Å²) < 4.78 is 5.48. The van der Waals surface area contributed by atoms with Gasteiger partial charge in [-0.05, 0) is 12.5 Å². The minimum atomic E-state index is 0.0546. The van der Waals surface area contributed by atoms with E-state index in [-0.39, 0.29) is 17.6 Å². The second-order valence-corrected chi connectivity index (χ2v) is 6.81. The number of nitrogens with zero attached hydrogens (tertiary/aromatic N) is 5. The summed E-state index contributed by atoms with van der Waals surface area (Å²) in [6.45, 7) is 7.78. The van der Waals surface area contributed by atoms with Gasteiger partial charge in [0.1, 0.15) is 0 Å². The van der Waals surface area contributed by atoms with Crippen LogP contribution in [0.25, 0.3) is 0 Å². The van der Waals surface area contributed by atoms with Crippen molar-refractivity contribution < 1.29 is 4.74 Å². The lowest BCUT2D eigenvalue weighted by atomic mass is 9.65. The van der Waals surface area contributed by atoms with Crippen molar-refractivity contribution in [1.82, 2.24) is 14.9 Å². The summed E-state index contributed by atoms with van der Waals surface area (Å²) in [5.74, 6) is 1.43. The second-order valence-electron chi connectivity index (χ2n) is 6.81. The quantitative estimate of drug-likeness (QED) is 0.654. The molecule has 2 aliphatic rings. The number of aromatic nitrogens is 2. The first kappa shape index (κ1) is 16.0. The lowest BCUT2D eigenvalue weighted by molar-refractivity contribution is -0.0853. The fraction of sp³-hybridized carbons (Fsp3) is 0.688. The van der Waals surface area contributed by atoms with Crippen molar-refractivity contribution in [2.45, 2.75) is 32.4 Å². The number of rotatable bonds is 3. The fourth-order valence-electron chi connectivity index (χ4n) is 3.31. The summed E-state index contributed by atoms with van der Waals surface area (Å²) in [6.07, 6.45) is 4.77. The van der Waals surface area contributed by atoms with E-state index in [4.69, 9.17) is 15.5 Å². The predicted octanol–water partition coefficient (Wildman–Crippen LogP) is 0.727. The molecule has 0 amide bonds. The summed E-state index contributed by atoms with van der Waals surface area (Å²) in [6, 6.07) is 2.07. The summed E-state index contributed by atoms with van der Waals surface area (Å²) in [4.78, 5) is 17.7. The molecule has 1 aliphatic carbocycles. The van der Waals surface area contributed by atoms with Gasteiger partial charge in [-0.1, -0.05) is 13.8 Å². The molecule has 3 rings (SSSR count). The number of aliphatic imine (C=N–C) groups is 1. The molecule has 0 aromatic carbocycles. The van der Waals surface area contributed by atoms with E-state index in [2.05, 4.69) is 33.6 Å². The maximum absolute atomic E-state index is 6.24. The average molecular weight is 318 g/mol. The van der Waals surface area contributed by atoms with Gasteiger partial charge in [0.25, 0.3) is 0 Å². The van der Waals surface area contributed by atoms with Crippen LogP contribution < -0.4 is 10.6 Å². The van der Waals surface area contributed by atoms with Crippen molar-refractivity contribution in [2.24, 2.45) is 16.1 Å². The Bertz CT molecular complexity index is 553. The van der Waals surface area contributed by atoms with E-state index in [0.29, 0.717) is 5.96 Å². The highest BCUT2D eigenvalue weighted by Crippen LogP contribution is 2.44. The Morgan fingerprint density at radius 3 is 2.48 bits per heavy atom. The monoisotopic (exact) mass is 318 g/mol. The number of hydrogen-bond acceptors (Lipinski definition) is 5. The molecule has 1 aromatic rings. The molecular formula is C16H26N6O. The Morgan fingerprint density at radius 1 is 1.26 bits per heavy atom. The third-order valence-corrected chi connectivity index (χ3v) is 5.14. The lowest BCUT2D eigenvalue weighted by Crippen LogP contribution is -2.56. The zero-order valence-electron chi connectivity index (χ0n) is 14.1. The van der Waals surface area contributed by atoms with E-state index in [1.807, 2.05) is 6.07 Å². The highest BCUT2D eigenvalue weighted by Gasteiger charge is 2.49. The van der Waals surface area contributed by atoms with Crippen LogP contribution >= 0.6 is 0 Å². The normalized spacial score (nSPS) is 27.7. The summed E-state index contributed by atoms with van der Waals surface area (Å²) >= 11 is 0. The Balaban J connectivity index is 1.56. The molecule has 126 valence electrons. The minimum Gasteiger partial charge on any atom is -0.381 e. The van der Waals surface area contributed by atoms with Gasteiger partial charge >= 0.3 is 0 Å². The van der Waals surface area contributed by atoms with Crippen LogP contribution in [0.5, 0.6) is 0 Å². The maximum Gasteiger partial charge on any atom is 0.225 e. The standard InChI is InChI=1S/C16H26N6O/c1-16(2)12(11-13(16)23-3)20-14(17)21-7-9-22(10-8-21)15-18-5-4-6-19-15/h4-6,12-13H,7-11H2,1-3H3,(H2,17,20). The molecule has 7 heteroatoms. The molecule has 1 aliphatic heterocycles. The molecule has 0 bridgehead atoms. The maximum atomic E-state index is 6.24. The van der Waals surface area contributed by atoms with Gasteiger partial charge in [-0.25, -0.2) is 15.0 Å². The topological polar surface area (TPSA) is 79.9 Å². The van der Waals surface area contributed by atoms with E-state index in [1.54, 1.807) is 19.5 Å².